The van der Waals surface area contributed by atoms with Gasteiger partial charge >= 0.3 is 0 Å². The number of nitro benzene ring substituents is 1. The Morgan fingerprint density at radius 1 is 1.53 bits per heavy atom. The number of halogens is 1. The molecule has 0 heterocycles. The Morgan fingerprint density at radius 2 is 2.32 bits per heavy atom. The fraction of sp³-hybridized carbons (Fsp3) is 0.538. The summed E-state index contributed by atoms with van der Waals surface area (Å²) in [5, 5.41) is 15.5. The number of rotatable bonds is 5. The molecule has 4 nitrogen and oxygen atoms in total. The third kappa shape index (κ3) is 3.84. The predicted octanol–water partition coefficient (Wildman–Crippen LogP) is 3.62. The van der Waals surface area contributed by atoms with E-state index in [1.807, 2.05) is 11.8 Å². The van der Waals surface area contributed by atoms with Crippen LogP contribution in [-0.2, 0) is 6.54 Å². The summed E-state index contributed by atoms with van der Waals surface area (Å²) in [6.07, 6.45) is 5.65. The molecule has 2 atom stereocenters. The molecule has 0 saturated heterocycles. The van der Waals surface area contributed by atoms with Gasteiger partial charge in [0.05, 0.1) is 4.92 Å². The van der Waals surface area contributed by atoms with Gasteiger partial charge in [0.2, 0.25) is 0 Å². The number of hydrogen-bond acceptors (Lipinski definition) is 4. The molecule has 0 aromatic heterocycles. The number of hydrogen-bond donors (Lipinski definition) is 1. The van der Waals surface area contributed by atoms with Crippen molar-refractivity contribution in [1.82, 2.24) is 5.32 Å². The highest BCUT2D eigenvalue weighted by Crippen LogP contribution is 2.29. The molecule has 6 heteroatoms. The Labute approximate surface area is 122 Å². The second-order valence-corrected chi connectivity index (χ2v) is 6.35. The summed E-state index contributed by atoms with van der Waals surface area (Å²) in [7, 11) is 0. The zero-order chi connectivity index (χ0) is 13.8. The Balaban J connectivity index is 1.98. The quantitative estimate of drug-likeness (QED) is 0.666. The van der Waals surface area contributed by atoms with Crippen LogP contribution in [0.1, 0.15) is 24.8 Å². The average molecular weight is 301 g/mol. The molecule has 1 aromatic carbocycles. The van der Waals surface area contributed by atoms with Gasteiger partial charge in [-0.25, -0.2) is 0 Å². The minimum Gasteiger partial charge on any atom is -0.310 e. The average Bonchev–Trinajstić information content (AvgIpc) is 2.85. The molecule has 0 radical (unpaired) electrons. The van der Waals surface area contributed by atoms with Gasteiger partial charge in [-0.1, -0.05) is 11.6 Å². The maximum absolute atomic E-state index is 11.0. The van der Waals surface area contributed by atoms with Gasteiger partial charge in [-0.2, -0.15) is 11.8 Å². The van der Waals surface area contributed by atoms with Gasteiger partial charge in [0.1, 0.15) is 0 Å². The molecule has 1 aliphatic carbocycles. The van der Waals surface area contributed by atoms with Crippen LogP contribution in [0.15, 0.2) is 18.2 Å². The van der Waals surface area contributed by atoms with Gasteiger partial charge in [-0.3, -0.25) is 10.1 Å². The monoisotopic (exact) mass is 300 g/mol. The molecule has 1 aromatic rings. The van der Waals surface area contributed by atoms with E-state index in [0.717, 1.165) is 18.1 Å². The van der Waals surface area contributed by atoms with Gasteiger partial charge in [0, 0.05) is 34.5 Å². The van der Waals surface area contributed by atoms with Crippen LogP contribution >= 0.6 is 23.4 Å². The minimum atomic E-state index is -0.373. The summed E-state index contributed by atoms with van der Waals surface area (Å²) in [6.45, 7) is 0.527. The van der Waals surface area contributed by atoms with Gasteiger partial charge in [0.25, 0.3) is 5.69 Å². The van der Waals surface area contributed by atoms with Crippen LogP contribution in [0.3, 0.4) is 0 Å². The van der Waals surface area contributed by atoms with Crippen LogP contribution in [0, 0.1) is 10.1 Å². The maximum Gasteiger partial charge on any atom is 0.275 e. The third-order valence-electron chi connectivity index (χ3n) is 3.54. The topological polar surface area (TPSA) is 55.2 Å². The van der Waals surface area contributed by atoms with Crippen molar-refractivity contribution in [3.8, 4) is 0 Å². The summed E-state index contributed by atoms with van der Waals surface area (Å²) in [4.78, 5) is 10.6. The van der Waals surface area contributed by atoms with Crippen molar-refractivity contribution in [2.24, 2.45) is 0 Å². The van der Waals surface area contributed by atoms with E-state index in [9.17, 15) is 10.1 Å². The van der Waals surface area contributed by atoms with Crippen LogP contribution in [0.25, 0.3) is 0 Å². The van der Waals surface area contributed by atoms with Crippen molar-refractivity contribution in [1.29, 1.82) is 0 Å². The lowest BCUT2D eigenvalue weighted by atomic mass is 10.1. The first-order valence-electron chi connectivity index (χ1n) is 6.29. The second-order valence-electron chi connectivity index (χ2n) is 4.78. The maximum atomic E-state index is 11.0. The van der Waals surface area contributed by atoms with Crippen LogP contribution in [0.5, 0.6) is 0 Å². The van der Waals surface area contributed by atoms with E-state index in [4.69, 9.17) is 11.6 Å². The molecular weight excluding hydrogens is 284 g/mol. The lowest BCUT2D eigenvalue weighted by Gasteiger charge is -2.13. The van der Waals surface area contributed by atoms with Crippen molar-refractivity contribution in [2.75, 3.05) is 6.26 Å². The number of nitrogens with one attached hydrogen (secondary N) is 1. The molecule has 0 aliphatic heterocycles. The molecular formula is C13H17ClN2O2S. The standard InChI is InChI=1S/C13H17ClN2O2S/c1-19-12-5-4-11(7-12)15-8-9-2-3-10(14)6-13(9)16(17)18/h2-3,6,11-12,15H,4-5,7-8H2,1H3. The van der Waals surface area contributed by atoms with E-state index in [2.05, 4.69) is 11.6 Å². The number of benzene rings is 1. The number of nitro groups is 1. The van der Waals surface area contributed by atoms with Crippen molar-refractivity contribution < 1.29 is 4.92 Å². The van der Waals surface area contributed by atoms with Crippen LogP contribution in [-0.4, -0.2) is 22.5 Å². The molecule has 19 heavy (non-hydrogen) atoms. The molecule has 1 aliphatic rings. The molecule has 2 unspecified atom stereocenters. The summed E-state index contributed by atoms with van der Waals surface area (Å²) in [5.41, 5.74) is 0.793. The summed E-state index contributed by atoms with van der Waals surface area (Å²) in [5.74, 6) is 0. The molecule has 0 bridgehead atoms. The molecule has 104 valence electrons. The third-order valence-corrected chi connectivity index (χ3v) is 4.87. The van der Waals surface area contributed by atoms with Crippen LogP contribution in [0.2, 0.25) is 5.02 Å². The Kier molecular flexibility index (Phi) is 5.07. The van der Waals surface area contributed by atoms with E-state index in [1.54, 1.807) is 12.1 Å². The van der Waals surface area contributed by atoms with Crippen LogP contribution < -0.4 is 5.32 Å². The fourth-order valence-corrected chi connectivity index (χ4v) is 3.41. The van der Waals surface area contributed by atoms with E-state index < -0.39 is 0 Å². The first kappa shape index (κ1) is 14.6. The Bertz CT molecular complexity index is 470. The lowest BCUT2D eigenvalue weighted by molar-refractivity contribution is -0.385. The highest BCUT2D eigenvalue weighted by molar-refractivity contribution is 7.99. The highest BCUT2D eigenvalue weighted by Gasteiger charge is 2.24. The SMILES string of the molecule is CSC1CCC(NCc2ccc(Cl)cc2[N+](=O)[O-])C1. The summed E-state index contributed by atoms with van der Waals surface area (Å²) >= 11 is 7.70. The largest absolute Gasteiger partial charge is 0.310 e. The Morgan fingerprint density at radius 3 is 2.95 bits per heavy atom. The number of thioether (sulfide) groups is 1. The summed E-state index contributed by atoms with van der Waals surface area (Å²) < 4.78 is 0. The van der Waals surface area contributed by atoms with Gasteiger partial charge in [-0.15, -0.1) is 0 Å². The predicted molar refractivity (Wildman–Crippen MR) is 79.9 cm³/mol. The molecule has 2 rings (SSSR count). The van der Waals surface area contributed by atoms with Crippen molar-refractivity contribution in [3.63, 3.8) is 0 Å². The van der Waals surface area contributed by atoms with Crippen LogP contribution in [0.4, 0.5) is 5.69 Å². The van der Waals surface area contributed by atoms with Gasteiger partial charge in [-0.05, 0) is 37.7 Å². The summed E-state index contributed by atoms with van der Waals surface area (Å²) in [6, 6.07) is 5.31. The normalized spacial score (nSPS) is 22.6. The molecule has 1 fully saturated rings. The van der Waals surface area contributed by atoms with E-state index in [1.165, 1.54) is 12.5 Å². The molecule has 0 spiro atoms. The van der Waals surface area contributed by atoms with E-state index in [0.29, 0.717) is 23.2 Å². The zero-order valence-corrected chi connectivity index (χ0v) is 12.3. The fourth-order valence-electron chi connectivity index (χ4n) is 2.45. The van der Waals surface area contributed by atoms with Crippen molar-refractivity contribution >= 4 is 29.1 Å². The number of nitrogens with zero attached hydrogens (tertiary/aromatic N) is 1. The first-order chi connectivity index (χ1) is 9.10. The Hall–Kier alpha value is -0.780. The molecule has 1 N–H and O–H groups in total. The lowest BCUT2D eigenvalue weighted by Crippen LogP contribution is -2.26. The molecule has 1 saturated carbocycles. The molecule has 0 amide bonds. The highest BCUT2D eigenvalue weighted by atomic mass is 35.5. The second kappa shape index (κ2) is 6.59. The smallest absolute Gasteiger partial charge is 0.275 e. The van der Waals surface area contributed by atoms with Gasteiger partial charge in [0.15, 0.2) is 0 Å². The van der Waals surface area contributed by atoms with Gasteiger partial charge < -0.3 is 5.32 Å². The van der Waals surface area contributed by atoms with E-state index in [-0.39, 0.29) is 10.6 Å². The van der Waals surface area contributed by atoms with Crippen molar-refractivity contribution in [3.05, 3.63) is 38.9 Å². The van der Waals surface area contributed by atoms with E-state index >= 15 is 0 Å². The minimum absolute atomic E-state index is 0.0967. The van der Waals surface area contributed by atoms with Crippen molar-refractivity contribution in [2.45, 2.75) is 37.1 Å². The first-order valence-corrected chi connectivity index (χ1v) is 7.95. The zero-order valence-electron chi connectivity index (χ0n) is 10.8.